The summed E-state index contributed by atoms with van der Waals surface area (Å²) in [5.41, 5.74) is 0.239. The number of amides is 1. The van der Waals surface area contributed by atoms with E-state index >= 15 is 0 Å². The Bertz CT molecular complexity index is 695. The van der Waals surface area contributed by atoms with Gasteiger partial charge in [-0.05, 0) is 18.2 Å². The molecule has 1 atom stereocenters. The van der Waals surface area contributed by atoms with Gasteiger partial charge in [-0.2, -0.15) is 0 Å². The zero-order chi connectivity index (χ0) is 13.4. The molecule has 3 heterocycles. The van der Waals surface area contributed by atoms with Crippen molar-refractivity contribution in [3.05, 3.63) is 34.6 Å². The number of rotatable bonds is 2. The van der Waals surface area contributed by atoms with Crippen molar-refractivity contribution < 1.29 is 9.90 Å². The first-order chi connectivity index (χ1) is 9.17. The third kappa shape index (κ3) is 2.10. The molecule has 0 saturated carbocycles. The standard InChI is InChI=1S/C13H13N3O3/c17-7-8-5-12(19)16(6-8)10-3-1-9-2-4-11(18)15-13(9)14-10/h1-4,8,17H,5-7H2,(H,14,15,18). The van der Waals surface area contributed by atoms with Crippen molar-refractivity contribution >= 4 is 22.8 Å². The van der Waals surface area contributed by atoms with Crippen molar-refractivity contribution in [1.82, 2.24) is 9.97 Å². The molecule has 1 fully saturated rings. The quantitative estimate of drug-likeness (QED) is 0.810. The molecule has 6 nitrogen and oxygen atoms in total. The van der Waals surface area contributed by atoms with Gasteiger partial charge in [0.05, 0.1) is 0 Å². The maximum absolute atomic E-state index is 11.8. The van der Waals surface area contributed by atoms with E-state index in [-0.39, 0.29) is 24.0 Å². The molecule has 0 radical (unpaired) electrons. The van der Waals surface area contributed by atoms with E-state index in [2.05, 4.69) is 9.97 Å². The molecule has 0 spiro atoms. The Morgan fingerprint density at radius 3 is 2.84 bits per heavy atom. The first kappa shape index (κ1) is 11.9. The highest BCUT2D eigenvalue weighted by atomic mass is 16.3. The first-order valence-corrected chi connectivity index (χ1v) is 6.08. The van der Waals surface area contributed by atoms with E-state index in [1.165, 1.54) is 6.07 Å². The molecule has 2 aromatic heterocycles. The van der Waals surface area contributed by atoms with Crippen molar-refractivity contribution in [3.8, 4) is 0 Å². The van der Waals surface area contributed by atoms with Crippen LogP contribution < -0.4 is 10.5 Å². The summed E-state index contributed by atoms with van der Waals surface area (Å²) in [6.45, 7) is 0.456. The maximum Gasteiger partial charge on any atom is 0.249 e. The van der Waals surface area contributed by atoms with Gasteiger partial charge in [-0.15, -0.1) is 0 Å². The minimum Gasteiger partial charge on any atom is -0.396 e. The van der Waals surface area contributed by atoms with Gasteiger partial charge >= 0.3 is 0 Å². The van der Waals surface area contributed by atoms with E-state index in [0.717, 1.165) is 5.39 Å². The topological polar surface area (TPSA) is 86.3 Å². The van der Waals surface area contributed by atoms with Gasteiger partial charge in [0, 0.05) is 36.9 Å². The highest BCUT2D eigenvalue weighted by Gasteiger charge is 2.30. The summed E-state index contributed by atoms with van der Waals surface area (Å²) in [5, 5.41) is 9.92. The number of carbonyl (C=O) groups is 1. The SMILES string of the molecule is O=C1CC(CO)CN1c1ccc2ccc(=O)[nH]c2n1. The van der Waals surface area contributed by atoms with Crippen LogP contribution in [0, 0.1) is 5.92 Å². The number of aliphatic hydroxyl groups excluding tert-OH is 1. The molecule has 3 rings (SSSR count). The van der Waals surface area contributed by atoms with E-state index in [9.17, 15) is 9.59 Å². The smallest absolute Gasteiger partial charge is 0.249 e. The predicted molar refractivity (Wildman–Crippen MR) is 69.9 cm³/mol. The fourth-order valence-corrected chi connectivity index (χ4v) is 2.29. The molecular formula is C13H13N3O3. The molecule has 0 bridgehead atoms. The van der Waals surface area contributed by atoms with Gasteiger partial charge in [0.25, 0.3) is 0 Å². The monoisotopic (exact) mass is 259 g/mol. The number of hydrogen-bond acceptors (Lipinski definition) is 4. The minimum atomic E-state index is -0.224. The largest absolute Gasteiger partial charge is 0.396 e. The third-order valence-electron chi connectivity index (χ3n) is 3.31. The molecule has 1 unspecified atom stereocenters. The van der Waals surface area contributed by atoms with E-state index in [1.54, 1.807) is 17.0 Å². The summed E-state index contributed by atoms with van der Waals surface area (Å²) in [4.78, 5) is 31.6. The van der Waals surface area contributed by atoms with Gasteiger partial charge in [0.1, 0.15) is 11.5 Å². The number of carbonyl (C=O) groups excluding carboxylic acids is 1. The van der Waals surface area contributed by atoms with Gasteiger partial charge < -0.3 is 10.1 Å². The van der Waals surface area contributed by atoms with E-state index in [4.69, 9.17) is 5.11 Å². The molecule has 2 N–H and O–H groups in total. The van der Waals surface area contributed by atoms with Crippen molar-refractivity contribution in [2.45, 2.75) is 6.42 Å². The average Bonchev–Trinajstić information content (AvgIpc) is 2.79. The van der Waals surface area contributed by atoms with Crippen LogP contribution in [-0.2, 0) is 4.79 Å². The van der Waals surface area contributed by atoms with E-state index in [0.29, 0.717) is 24.4 Å². The van der Waals surface area contributed by atoms with Gasteiger partial charge in [-0.3, -0.25) is 14.5 Å². The number of aliphatic hydroxyl groups is 1. The summed E-state index contributed by atoms with van der Waals surface area (Å²) >= 11 is 0. The van der Waals surface area contributed by atoms with E-state index in [1.807, 2.05) is 6.07 Å². The number of H-pyrrole nitrogens is 1. The number of nitrogens with one attached hydrogen (secondary N) is 1. The van der Waals surface area contributed by atoms with Gasteiger partial charge in [-0.1, -0.05) is 0 Å². The van der Waals surface area contributed by atoms with Crippen LogP contribution in [0.1, 0.15) is 6.42 Å². The highest BCUT2D eigenvalue weighted by Crippen LogP contribution is 2.24. The summed E-state index contributed by atoms with van der Waals surface area (Å²) in [6, 6.07) is 6.69. The molecular weight excluding hydrogens is 246 g/mol. The fraction of sp³-hybridized carbons (Fsp3) is 0.308. The van der Waals surface area contributed by atoms with E-state index < -0.39 is 0 Å². The minimum absolute atomic E-state index is 0.00729. The van der Waals surface area contributed by atoms with Crippen LogP contribution in [0.15, 0.2) is 29.1 Å². The van der Waals surface area contributed by atoms with Crippen LogP contribution >= 0.6 is 0 Å². The van der Waals surface area contributed by atoms with Gasteiger partial charge in [0.2, 0.25) is 11.5 Å². The van der Waals surface area contributed by atoms with Crippen molar-refractivity contribution in [2.75, 3.05) is 18.1 Å². The second-order valence-corrected chi connectivity index (χ2v) is 4.69. The third-order valence-corrected chi connectivity index (χ3v) is 3.31. The number of fused-ring (bicyclic) bond motifs is 1. The predicted octanol–water partition coefficient (Wildman–Crippen LogP) is 0.268. The second-order valence-electron chi connectivity index (χ2n) is 4.69. The molecule has 0 aromatic carbocycles. The lowest BCUT2D eigenvalue weighted by Crippen LogP contribution is -2.26. The van der Waals surface area contributed by atoms with Crippen LogP contribution in [0.5, 0.6) is 0 Å². The number of aromatic amines is 1. The Hall–Kier alpha value is -2.21. The number of anilines is 1. The summed E-state index contributed by atoms with van der Waals surface area (Å²) < 4.78 is 0. The van der Waals surface area contributed by atoms with Crippen LogP contribution in [0.4, 0.5) is 5.82 Å². The zero-order valence-corrected chi connectivity index (χ0v) is 10.2. The summed E-state index contributed by atoms with van der Waals surface area (Å²) in [5.74, 6) is 0.416. The van der Waals surface area contributed by atoms with Crippen molar-refractivity contribution in [1.29, 1.82) is 0 Å². The Kier molecular flexibility index (Phi) is 2.79. The number of nitrogens with zero attached hydrogens (tertiary/aromatic N) is 2. The highest BCUT2D eigenvalue weighted by molar-refractivity contribution is 5.95. The molecule has 1 amide bonds. The molecule has 6 heteroatoms. The Balaban J connectivity index is 2.01. The molecule has 98 valence electrons. The summed E-state index contributed by atoms with van der Waals surface area (Å²) in [7, 11) is 0. The lowest BCUT2D eigenvalue weighted by Gasteiger charge is -2.15. The number of aromatic nitrogens is 2. The van der Waals surface area contributed by atoms with Gasteiger partial charge in [-0.25, -0.2) is 4.98 Å². The van der Waals surface area contributed by atoms with Crippen LogP contribution in [0.3, 0.4) is 0 Å². The van der Waals surface area contributed by atoms with Crippen LogP contribution in [-0.4, -0.2) is 34.1 Å². The second kappa shape index (κ2) is 4.47. The molecule has 1 saturated heterocycles. The van der Waals surface area contributed by atoms with Crippen molar-refractivity contribution in [2.24, 2.45) is 5.92 Å². The lowest BCUT2D eigenvalue weighted by molar-refractivity contribution is -0.117. The first-order valence-electron chi connectivity index (χ1n) is 6.08. The van der Waals surface area contributed by atoms with Crippen LogP contribution in [0.2, 0.25) is 0 Å². The van der Waals surface area contributed by atoms with Crippen molar-refractivity contribution in [3.63, 3.8) is 0 Å². The normalized spacial score (nSPS) is 19.3. The number of hydrogen-bond donors (Lipinski definition) is 2. The van der Waals surface area contributed by atoms with Gasteiger partial charge in [0.15, 0.2) is 0 Å². The zero-order valence-electron chi connectivity index (χ0n) is 10.2. The average molecular weight is 259 g/mol. The fourth-order valence-electron chi connectivity index (χ4n) is 2.29. The molecule has 19 heavy (non-hydrogen) atoms. The van der Waals surface area contributed by atoms with Crippen LogP contribution in [0.25, 0.3) is 11.0 Å². The number of pyridine rings is 2. The molecule has 0 aliphatic carbocycles. The Morgan fingerprint density at radius 1 is 1.32 bits per heavy atom. The molecule has 1 aliphatic heterocycles. The maximum atomic E-state index is 11.8. The Labute approximate surface area is 108 Å². The molecule has 2 aromatic rings. The Morgan fingerprint density at radius 2 is 2.11 bits per heavy atom. The summed E-state index contributed by atoms with van der Waals surface area (Å²) in [6.07, 6.45) is 0.335. The lowest BCUT2D eigenvalue weighted by atomic mass is 10.1. The molecule has 1 aliphatic rings.